The molecule has 1 fully saturated rings. The molecule has 1 heterocycles. The van der Waals surface area contributed by atoms with Crippen molar-refractivity contribution in [3.05, 3.63) is 101 Å². The van der Waals surface area contributed by atoms with Crippen LogP contribution in [0.2, 0.25) is 0 Å². The highest BCUT2D eigenvalue weighted by molar-refractivity contribution is 6.53. The largest absolute Gasteiger partial charge is 0.478 e. The third-order valence-corrected chi connectivity index (χ3v) is 7.81. The molecule has 142 valence electrons. The van der Waals surface area contributed by atoms with Gasteiger partial charge in [-0.05, 0) is 36.2 Å². The zero-order valence-electron chi connectivity index (χ0n) is 15.5. The first-order chi connectivity index (χ1) is 13.3. The summed E-state index contributed by atoms with van der Waals surface area (Å²) in [6.45, 7) is 4.11. The second-order valence-corrected chi connectivity index (χ2v) is 9.28. The van der Waals surface area contributed by atoms with Gasteiger partial charge in [-0.1, -0.05) is 90.3 Å². The molecular formula is C24H19Cl2FO. The molecule has 3 aromatic rings. The van der Waals surface area contributed by atoms with Crippen molar-refractivity contribution in [3.63, 3.8) is 0 Å². The summed E-state index contributed by atoms with van der Waals surface area (Å²) >= 11 is 14.0. The normalized spacial score (nSPS) is 29.4. The first-order valence-electron chi connectivity index (χ1n) is 9.31. The lowest BCUT2D eigenvalue weighted by molar-refractivity contribution is 0.102. The molecule has 1 aliphatic carbocycles. The van der Waals surface area contributed by atoms with E-state index in [1.165, 1.54) is 12.1 Å². The van der Waals surface area contributed by atoms with Crippen LogP contribution < -0.4 is 4.74 Å². The Kier molecular flexibility index (Phi) is 3.70. The van der Waals surface area contributed by atoms with Gasteiger partial charge in [0, 0.05) is 11.5 Å². The number of benzene rings is 3. The highest BCUT2D eigenvalue weighted by Crippen LogP contribution is 2.85. The van der Waals surface area contributed by atoms with Gasteiger partial charge >= 0.3 is 0 Å². The summed E-state index contributed by atoms with van der Waals surface area (Å²) in [7, 11) is 0. The summed E-state index contributed by atoms with van der Waals surface area (Å²) in [6, 6.07) is 22.7. The second kappa shape index (κ2) is 5.75. The van der Waals surface area contributed by atoms with Gasteiger partial charge < -0.3 is 4.74 Å². The minimum Gasteiger partial charge on any atom is -0.478 e. The van der Waals surface area contributed by atoms with E-state index >= 15 is 0 Å². The van der Waals surface area contributed by atoms with E-state index in [0.717, 1.165) is 28.0 Å². The van der Waals surface area contributed by atoms with Crippen LogP contribution in [0.15, 0.2) is 72.8 Å². The van der Waals surface area contributed by atoms with Crippen molar-refractivity contribution in [2.24, 2.45) is 5.41 Å². The molecule has 0 aromatic heterocycles. The fourth-order valence-corrected chi connectivity index (χ4v) is 6.03. The molecule has 0 amide bonds. The van der Waals surface area contributed by atoms with Crippen molar-refractivity contribution in [2.45, 2.75) is 29.7 Å². The molecule has 5 rings (SSSR count). The van der Waals surface area contributed by atoms with E-state index in [4.69, 9.17) is 27.9 Å². The average molecular weight is 413 g/mol. The van der Waals surface area contributed by atoms with E-state index in [-0.39, 0.29) is 11.7 Å². The number of para-hydroxylation sites is 1. The molecule has 0 saturated heterocycles. The maximum absolute atomic E-state index is 13.6. The number of fused-ring (bicyclic) bond motifs is 2. The fraction of sp³-hybridized carbons (Fsp3) is 0.250. The van der Waals surface area contributed by atoms with E-state index in [9.17, 15) is 4.39 Å². The Morgan fingerprint density at radius 1 is 0.893 bits per heavy atom. The second-order valence-electron chi connectivity index (χ2n) is 7.95. The SMILES string of the molecule is Cc1ccc([C@]23Oc4ccccc4[C@H](c4ccc(F)cc4)[C@@]2(C)C3(Cl)Cl)cc1. The zero-order valence-corrected chi connectivity index (χ0v) is 17.1. The smallest absolute Gasteiger partial charge is 0.177 e. The van der Waals surface area contributed by atoms with E-state index in [2.05, 4.69) is 6.92 Å². The summed E-state index contributed by atoms with van der Waals surface area (Å²) in [6.07, 6.45) is 0. The Hall–Kier alpha value is -2.03. The highest BCUT2D eigenvalue weighted by atomic mass is 35.5. The summed E-state index contributed by atoms with van der Waals surface area (Å²) in [5.41, 5.74) is 2.59. The zero-order chi connectivity index (χ0) is 19.7. The van der Waals surface area contributed by atoms with Crippen LogP contribution in [0.4, 0.5) is 4.39 Å². The maximum atomic E-state index is 13.6. The predicted molar refractivity (Wildman–Crippen MR) is 111 cm³/mol. The van der Waals surface area contributed by atoms with Crippen molar-refractivity contribution in [2.75, 3.05) is 0 Å². The van der Waals surface area contributed by atoms with Crippen LogP contribution in [-0.4, -0.2) is 4.33 Å². The predicted octanol–water partition coefficient (Wildman–Crippen LogP) is 6.75. The van der Waals surface area contributed by atoms with E-state index < -0.39 is 15.3 Å². The fourth-order valence-electron chi connectivity index (χ4n) is 4.96. The molecule has 1 nitrogen and oxygen atoms in total. The van der Waals surface area contributed by atoms with Gasteiger partial charge in [-0.3, -0.25) is 0 Å². The first-order valence-corrected chi connectivity index (χ1v) is 10.1. The summed E-state index contributed by atoms with van der Waals surface area (Å²) in [4.78, 5) is 0. The van der Waals surface area contributed by atoms with Gasteiger partial charge in [0.15, 0.2) is 9.93 Å². The van der Waals surface area contributed by atoms with Crippen molar-refractivity contribution < 1.29 is 9.13 Å². The lowest BCUT2D eigenvalue weighted by Gasteiger charge is -2.36. The van der Waals surface area contributed by atoms with Crippen LogP contribution in [-0.2, 0) is 5.60 Å². The molecule has 1 saturated carbocycles. The molecule has 4 heteroatoms. The van der Waals surface area contributed by atoms with Crippen LogP contribution >= 0.6 is 23.2 Å². The maximum Gasteiger partial charge on any atom is 0.177 e. The van der Waals surface area contributed by atoms with Gasteiger partial charge in [-0.2, -0.15) is 0 Å². The number of aryl methyl sites for hydroxylation is 1. The molecule has 28 heavy (non-hydrogen) atoms. The van der Waals surface area contributed by atoms with Crippen LogP contribution in [0.1, 0.15) is 35.1 Å². The number of ether oxygens (including phenoxy) is 1. The number of alkyl halides is 2. The standard InChI is InChI=1S/C24H19Cl2FO/c1-15-7-11-17(12-8-15)23-22(2,24(23,25)26)21(16-9-13-18(27)14-10-16)19-5-3-4-6-20(19)28-23/h3-14,21H,1-2H3/t21-,22+,23-/m0/s1. The van der Waals surface area contributed by atoms with Crippen LogP contribution in [0, 0.1) is 18.2 Å². The Bertz CT molecular complexity index is 1060. The molecule has 3 atom stereocenters. The lowest BCUT2D eigenvalue weighted by Crippen LogP contribution is -2.33. The van der Waals surface area contributed by atoms with Crippen molar-refractivity contribution in [1.29, 1.82) is 0 Å². The van der Waals surface area contributed by atoms with Crippen molar-refractivity contribution in [3.8, 4) is 5.75 Å². The molecule has 0 N–H and O–H groups in total. The van der Waals surface area contributed by atoms with E-state index in [1.807, 2.05) is 67.6 Å². The first kappa shape index (κ1) is 18.0. The minimum atomic E-state index is -1.15. The van der Waals surface area contributed by atoms with Gasteiger partial charge in [0.05, 0.1) is 5.41 Å². The molecule has 0 radical (unpaired) electrons. The number of halogens is 3. The molecule has 2 aliphatic rings. The Morgan fingerprint density at radius 2 is 1.54 bits per heavy atom. The van der Waals surface area contributed by atoms with Crippen LogP contribution in [0.3, 0.4) is 0 Å². The third kappa shape index (κ3) is 2.03. The molecule has 0 spiro atoms. The molecule has 0 unspecified atom stereocenters. The lowest BCUT2D eigenvalue weighted by atomic mass is 9.74. The summed E-state index contributed by atoms with van der Waals surface area (Å²) in [5, 5.41) is 0. The van der Waals surface area contributed by atoms with Crippen LogP contribution in [0.25, 0.3) is 0 Å². The highest BCUT2D eigenvalue weighted by Gasteiger charge is 2.91. The molecule has 1 aliphatic heterocycles. The third-order valence-electron chi connectivity index (χ3n) is 6.50. The Morgan fingerprint density at radius 3 is 2.21 bits per heavy atom. The molecule has 3 aromatic carbocycles. The molecule has 0 bridgehead atoms. The number of rotatable bonds is 2. The number of hydrogen-bond donors (Lipinski definition) is 0. The minimum absolute atomic E-state index is 0.130. The quantitative estimate of drug-likeness (QED) is 0.423. The van der Waals surface area contributed by atoms with Gasteiger partial charge in [0.2, 0.25) is 0 Å². The van der Waals surface area contributed by atoms with E-state index in [1.54, 1.807) is 0 Å². The van der Waals surface area contributed by atoms with Gasteiger partial charge in [-0.25, -0.2) is 4.39 Å². The van der Waals surface area contributed by atoms with Gasteiger partial charge in [0.25, 0.3) is 0 Å². The van der Waals surface area contributed by atoms with E-state index in [0.29, 0.717) is 0 Å². The number of hydrogen-bond acceptors (Lipinski definition) is 1. The van der Waals surface area contributed by atoms with Gasteiger partial charge in [0.1, 0.15) is 11.6 Å². The Balaban J connectivity index is 1.77. The van der Waals surface area contributed by atoms with Gasteiger partial charge in [-0.15, -0.1) is 0 Å². The Labute approximate surface area is 174 Å². The monoisotopic (exact) mass is 412 g/mol. The molecular weight excluding hydrogens is 394 g/mol. The van der Waals surface area contributed by atoms with Crippen LogP contribution in [0.5, 0.6) is 5.75 Å². The summed E-state index contributed by atoms with van der Waals surface area (Å²) < 4.78 is 19.0. The average Bonchev–Trinajstić information content (AvgIpc) is 3.09. The summed E-state index contributed by atoms with van der Waals surface area (Å²) in [5.74, 6) is 0.366. The van der Waals surface area contributed by atoms with Crippen molar-refractivity contribution in [1.82, 2.24) is 0 Å². The topological polar surface area (TPSA) is 9.23 Å². The van der Waals surface area contributed by atoms with Crippen molar-refractivity contribution >= 4 is 23.2 Å².